The van der Waals surface area contributed by atoms with Crippen molar-refractivity contribution < 1.29 is 17.9 Å². The Balaban J connectivity index is 1.67. The van der Waals surface area contributed by atoms with Crippen molar-refractivity contribution in [2.75, 3.05) is 13.2 Å². The minimum Gasteiger partial charge on any atom is -0.462 e. The maximum atomic E-state index is 13.2. The maximum Gasteiger partial charge on any atom is 0.339 e. The second kappa shape index (κ2) is 6.89. The molecule has 3 heterocycles. The van der Waals surface area contributed by atoms with Gasteiger partial charge in [0, 0.05) is 39.1 Å². The van der Waals surface area contributed by atoms with Crippen LogP contribution in [0.2, 0.25) is 0 Å². The number of hydrogen-bond acceptors (Lipinski definition) is 5. The molecule has 0 bridgehead atoms. The number of fused-ring (bicyclic) bond motifs is 2. The van der Waals surface area contributed by atoms with Crippen LogP contribution in [0.3, 0.4) is 0 Å². The van der Waals surface area contributed by atoms with Gasteiger partial charge in [-0.3, -0.25) is 9.13 Å². The lowest BCUT2D eigenvalue weighted by atomic mass is 10.3. The minimum atomic E-state index is -3.76. The molecule has 0 amide bonds. The molecule has 2 aromatic heterocycles. The van der Waals surface area contributed by atoms with E-state index in [1.165, 1.54) is 25.6 Å². The summed E-state index contributed by atoms with van der Waals surface area (Å²) in [6, 6.07) is 6.37. The van der Waals surface area contributed by atoms with Crippen LogP contribution in [0.1, 0.15) is 23.0 Å². The summed E-state index contributed by atoms with van der Waals surface area (Å²) in [5.74, 6) is -0.417. The fraction of sp³-hybridized carbons (Fsp3) is 0.368. The smallest absolute Gasteiger partial charge is 0.339 e. The number of carbonyl (C=O) groups excluding carboxylic acids is 1. The van der Waals surface area contributed by atoms with Gasteiger partial charge in [0.1, 0.15) is 0 Å². The molecule has 0 radical (unpaired) electrons. The number of imidazole rings is 1. The van der Waals surface area contributed by atoms with Crippen molar-refractivity contribution in [3.63, 3.8) is 0 Å². The molecule has 0 unspecified atom stereocenters. The Hall–Kier alpha value is -2.85. The lowest BCUT2D eigenvalue weighted by Gasteiger charge is -2.27. The molecule has 1 aliphatic rings. The van der Waals surface area contributed by atoms with Gasteiger partial charge in [-0.2, -0.15) is 4.31 Å². The predicted octanol–water partition coefficient (Wildman–Crippen LogP) is 1.06. The van der Waals surface area contributed by atoms with Crippen molar-refractivity contribution >= 4 is 27.0 Å². The van der Waals surface area contributed by atoms with Gasteiger partial charge < -0.3 is 9.30 Å². The van der Waals surface area contributed by atoms with Crippen molar-refractivity contribution in [1.29, 1.82) is 0 Å². The zero-order chi connectivity index (χ0) is 20.9. The van der Waals surface area contributed by atoms with Crippen molar-refractivity contribution in [2.24, 2.45) is 14.1 Å². The molecule has 1 aliphatic heterocycles. The van der Waals surface area contributed by atoms with E-state index in [4.69, 9.17) is 4.74 Å². The molecule has 0 N–H and O–H groups in total. The molecule has 10 heteroatoms. The number of sulfonamides is 1. The van der Waals surface area contributed by atoms with Gasteiger partial charge in [0.05, 0.1) is 34.6 Å². The number of rotatable bonds is 4. The molecule has 0 saturated carbocycles. The Kier molecular flexibility index (Phi) is 4.62. The van der Waals surface area contributed by atoms with Gasteiger partial charge in [-0.25, -0.2) is 18.0 Å². The zero-order valence-electron chi connectivity index (χ0n) is 16.5. The molecule has 4 rings (SSSR count). The van der Waals surface area contributed by atoms with Crippen LogP contribution in [0.15, 0.2) is 40.2 Å². The average molecular weight is 418 g/mol. The minimum absolute atomic E-state index is 0.136. The van der Waals surface area contributed by atoms with E-state index in [9.17, 15) is 18.0 Å². The summed E-state index contributed by atoms with van der Waals surface area (Å²) in [4.78, 5) is 24.2. The van der Waals surface area contributed by atoms with Gasteiger partial charge >= 0.3 is 11.7 Å². The molecular weight excluding hydrogens is 396 g/mol. The fourth-order valence-electron chi connectivity index (χ4n) is 3.70. The SMILES string of the molecule is CCOC(=O)c1cc2n(c1)CCN(S(=O)(=O)c1ccc3c(c1)n(C)c(=O)n3C)C2. The molecule has 0 aliphatic carbocycles. The Morgan fingerprint density at radius 1 is 1.10 bits per heavy atom. The van der Waals surface area contributed by atoms with Crippen LogP contribution in [0, 0.1) is 0 Å². The molecule has 0 spiro atoms. The standard InChI is InChI=1S/C19H22N4O5S/c1-4-28-18(24)13-9-14-12-23(8-7-22(14)11-13)29(26,27)15-5-6-16-17(10-15)21(3)19(25)20(16)2/h5-6,9-11H,4,7-8,12H2,1-3H3. The first-order valence-corrected chi connectivity index (χ1v) is 10.7. The fourth-order valence-corrected chi connectivity index (χ4v) is 5.12. The number of ether oxygens (including phenoxy) is 1. The van der Waals surface area contributed by atoms with E-state index in [-0.39, 0.29) is 30.3 Å². The number of esters is 1. The second-order valence-corrected chi connectivity index (χ2v) is 8.96. The average Bonchev–Trinajstić information content (AvgIpc) is 3.23. The highest BCUT2D eigenvalue weighted by atomic mass is 32.2. The van der Waals surface area contributed by atoms with E-state index in [2.05, 4.69) is 0 Å². The normalized spacial score (nSPS) is 14.9. The Morgan fingerprint density at radius 3 is 2.55 bits per heavy atom. The highest BCUT2D eigenvalue weighted by Crippen LogP contribution is 2.25. The first-order chi connectivity index (χ1) is 13.7. The molecular formula is C19H22N4O5S. The molecule has 0 fully saturated rings. The zero-order valence-corrected chi connectivity index (χ0v) is 17.3. The van der Waals surface area contributed by atoms with Crippen LogP contribution in [-0.4, -0.2) is 45.5 Å². The van der Waals surface area contributed by atoms with Crippen molar-refractivity contribution in [3.05, 3.63) is 52.2 Å². The highest BCUT2D eigenvalue weighted by Gasteiger charge is 2.30. The Morgan fingerprint density at radius 2 is 1.83 bits per heavy atom. The van der Waals surface area contributed by atoms with E-state index >= 15 is 0 Å². The number of hydrogen-bond donors (Lipinski definition) is 0. The van der Waals surface area contributed by atoms with Crippen LogP contribution in [0.4, 0.5) is 0 Å². The largest absolute Gasteiger partial charge is 0.462 e. The Bertz CT molecular complexity index is 1280. The van der Waals surface area contributed by atoms with Crippen LogP contribution >= 0.6 is 0 Å². The summed E-state index contributed by atoms with van der Waals surface area (Å²) < 4.78 is 37.6. The summed E-state index contributed by atoms with van der Waals surface area (Å²) in [7, 11) is -0.490. The molecule has 1 aromatic carbocycles. The highest BCUT2D eigenvalue weighted by molar-refractivity contribution is 7.89. The van der Waals surface area contributed by atoms with Crippen molar-refractivity contribution in [2.45, 2.75) is 24.9 Å². The molecule has 154 valence electrons. The van der Waals surface area contributed by atoms with E-state index in [1.54, 1.807) is 39.3 Å². The van der Waals surface area contributed by atoms with Gasteiger partial charge in [-0.1, -0.05) is 0 Å². The van der Waals surface area contributed by atoms with Crippen LogP contribution < -0.4 is 5.69 Å². The number of nitrogens with zero attached hydrogens (tertiary/aromatic N) is 4. The molecule has 3 aromatic rings. The first kappa shape index (κ1) is 19.5. The second-order valence-electron chi connectivity index (χ2n) is 7.02. The number of aromatic nitrogens is 3. The predicted molar refractivity (Wildman–Crippen MR) is 106 cm³/mol. The number of benzene rings is 1. The van der Waals surface area contributed by atoms with Crippen molar-refractivity contribution in [1.82, 2.24) is 18.0 Å². The van der Waals surface area contributed by atoms with Gasteiger partial charge in [-0.05, 0) is 31.2 Å². The van der Waals surface area contributed by atoms with E-state index in [0.717, 1.165) is 5.69 Å². The van der Waals surface area contributed by atoms with Gasteiger partial charge in [-0.15, -0.1) is 0 Å². The van der Waals surface area contributed by atoms with E-state index in [1.807, 2.05) is 4.57 Å². The first-order valence-electron chi connectivity index (χ1n) is 9.26. The summed E-state index contributed by atoms with van der Waals surface area (Å²) >= 11 is 0. The molecule has 9 nitrogen and oxygen atoms in total. The van der Waals surface area contributed by atoms with E-state index < -0.39 is 16.0 Å². The van der Waals surface area contributed by atoms with Crippen LogP contribution in [0.25, 0.3) is 11.0 Å². The Labute approximate surface area is 167 Å². The lowest BCUT2D eigenvalue weighted by Crippen LogP contribution is -2.37. The van der Waals surface area contributed by atoms with E-state index in [0.29, 0.717) is 23.1 Å². The van der Waals surface area contributed by atoms with Crippen LogP contribution in [0.5, 0.6) is 0 Å². The quantitative estimate of drug-likeness (QED) is 0.591. The summed E-state index contributed by atoms with van der Waals surface area (Å²) in [5.41, 5.74) is 2.17. The third-order valence-corrected chi connectivity index (χ3v) is 7.15. The number of carbonyl (C=O) groups is 1. The van der Waals surface area contributed by atoms with Gasteiger partial charge in [0.15, 0.2) is 0 Å². The van der Waals surface area contributed by atoms with Gasteiger partial charge in [0.2, 0.25) is 10.0 Å². The molecule has 29 heavy (non-hydrogen) atoms. The monoisotopic (exact) mass is 418 g/mol. The third-order valence-electron chi connectivity index (χ3n) is 5.31. The lowest BCUT2D eigenvalue weighted by molar-refractivity contribution is 0.0526. The van der Waals surface area contributed by atoms with Crippen molar-refractivity contribution in [3.8, 4) is 0 Å². The summed E-state index contributed by atoms with van der Waals surface area (Å²) in [5, 5.41) is 0. The van der Waals surface area contributed by atoms with Gasteiger partial charge in [0.25, 0.3) is 0 Å². The maximum absolute atomic E-state index is 13.2. The van der Waals surface area contributed by atoms with Crippen LogP contribution in [-0.2, 0) is 41.9 Å². The summed E-state index contributed by atoms with van der Waals surface area (Å²) in [6.07, 6.45) is 1.70. The number of aryl methyl sites for hydroxylation is 2. The third kappa shape index (κ3) is 3.08. The topological polar surface area (TPSA) is 95.5 Å². The molecule has 0 atom stereocenters. The summed E-state index contributed by atoms with van der Waals surface area (Å²) in [6.45, 7) is 2.91. The molecule has 0 saturated heterocycles.